The van der Waals surface area contributed by atoms with Crippen molar-refractivity contribution in [3.8, 4) is 0 Å². The van der Waals surface area contributed by atoms with Gasteiger partial charge in [0.25, 0.3) is 11.2 Å². The van der Waals surface area contributed by atoms with Gasteiger partial charge < -0.3 is 0 Å². The van der Waals surface area contributed by atoms with Crippen molar-refractivity contribution in [3.05, 3.63) is 80.3 Å². The quantitative estimate of drug-likeness (QED) is 0.589. The number of rotatable bonds is 3. The Hall–Kier alpha value is -3.02. The molecule has 6 nitrogen and oxygen atoms in total. The predicted octanol–water partition coefficient (Wildman–Crippen LogP) is 2.42. The number of nitro benzene ring substituents is 1. The summed E-state index contributed by atoms with van der Waals surface area (Å²) in [5.41, 5.74) is 1.26. The summed E-state index contributed by atoms with van der Waals surface area (Å²) in [5.74, 6) is 0. The van der Waals surface area contributed by atoms with Gasteiger partial charge in [-0.3, -0.25) is 14.9 Å². The summed E-state index contributed by atoms with van der Waals surface area (Å²) in [5, 5.41) is 18.7. The Morgan fingerprint density at radius 3 is 2.62 bits per heavy atom. The maximum atomic E-state index is 11.7. The number of hydrogen-bond donors (Lipinski definition) is 1. The number of nitro groups is 1. The minimum atomic E-state index is -0.429. The molecule has 0 amide bonds. The lowest BCUT2D eigenvalue weighted by molar-refractivity contribution is -0.384. The highest BCUT2D eigenvalue weighted by Gasteiger charge is 2.10. The van der Waals surface area contributed by atoms with Crippen molar-refractivity contribution >= 4 is 16.5 Å². The Morgan fingerprint density at radius 2 is 1.86 bits per heavy atom. The van der Waals surface area contributed by atoms with Gasteiger partial charge in [-0.1, -0.05) is 30.3 Å². The number of hydrogen-bond acceptors (Lipinski definition) is 4. The molecule has 1 heterocycles. The van der Waals surface area contributed by atoms with E-state index in [9.17, 15) is 14.9 Å². The van der Waals surface area contributed by atoms with E-state index in [1.807, 2.05) is 12.1 Å². The van der Waals surface area contributed by atoms with E-state index in [1.54, 1.807) is 24.3 Å². The van der Waals surface area contributed by atoms with Crippen LogP contribution in [0.4, 0.5) is 5.69 Å². The van der Waals surface area contributed by atoms with Gasteiger partial charge in [0.05, 0.1) is 16.0 Å². The number of aromatic nitrogens is 2. The molecule has 0 aliphatic carbocycles. The lowest BCUT2D eigenvalue weighted by atomic mass is 10.0. The lowest BCUT2D eigenvalue weighted by Crippen LogP contribution is -2.11. The van der Waals surface area contributed by atoms with Gasteiger partial charge in [-0.05, 0) is 11.6 Å². The van der Waals surface area contributed by atoms with E-state index in [1.165, 1.54) is 12.1 Å². The van der Waals surface area contributed by atoms with E-state index >= 15 is 0 Å². The van der Waals surface area contributed by atoms with Crippen LogP contribution in [0.15, 0.2) is 53.3 Å². The molecule has 1 N–H and O–H groups in total. The molecule has 3 aromatic rings. The van der Waals surface area contributed by atoms with Gasteiger partial charge in [0.1, 0.15) is 0 Å². The molecule has 104 valence electrons. The number of non-ortho nitro benzene ring substituents is 1. The number of nitrogens with one attached hydrogen (secondary N) is 1. The van der Waals surface area contributed by atoms with Crippen LogP contribution in [0.5, 0.6) is 0 Å². The molecule has 21 heavy (non-hydrogen) atoms. The van der Waals surface area contributed by atoms with Crippen molar-refractivity contribution in [3.63, 3.8) is 0 Å². The molecule has 0 atom stereocenters. The number of nitrogens with zero attached hydrogens (tertiary/aromatic N) is 2. The molecule has 0 saturated carbocycles. The fourth-order valence-corrected chi connectivity index (χ4v) is 2.28. The summed E-state index contributed by atoms with van der Waals surface area (Å²) in [7, 11) is 0. The van der Waals surface area contributed by atoms with Gasteiger partial charge in [-0.15, -0.1) is 0 Å². The zero-order chi connectivity index (χ0) is 14.8. The number of aromatic amines is 1. The first-order valence-electron chi connectivity index (χ1n) is 6.35. The van der Waals surface area contributed by atoms with Crippen molar-refractivity contribution in [2.75, 3.05) is 0 Å². The number of fused-ring (bicyclic) bond motifs is 1. The zero-order valence-electron chi connectivity index (χ0n) is 10.9. The fourth-order valence-electron chi connectivity index (χ4n) is 2.28. The molecular formula is C15H11N3O3. The Labute approximate surface area is 119 Å². The van der Waals surface area contributed by atoms with Crippen molar-refractivity contribution in [1.29, 1.82) is 0 Å². The molecule has 2 aromatic carbocycles. The summed E-state index contributed by atoms with van der Waals surface area (Å²) in [6.07, 6.45) is 0.416. The van der Waals surface area contributed by atoms with Gasteiger partial charge in [0, 0.05) is 23.9 Å². The molecule has 0 aliphatic rings. The molecule has 0 unspecified atom stereocenters. The first kappa shape index (κ1) is 13.0. The van der Waals surface area contributed by atoms with E-state index in [0.717, 1.165) is 10.9 Å². The standard InChI is InChI=1S/C15H11N3O3/c19-15-13-7-2-1-6-12(13)14(16-17-15)9-10-4-3-5-11(8-10)18(20)21/h1-8H,9H2,(H,17,19). The second-order valence-corrected chi connectivity index (χ2v) is 4.65. The highest BCUT2D eigenvalue weighted by Crippen LogP contribution is 2.19. The van der Waals surface area contributed by atoms with Crippen LogP contribution in [0.3, 0.4) is 0 Å². The average molecular weight is 281 g/mol. The molecular weight excluding hydrogens is 270 g/mol. The van der Waals surface area contributed by atoms with E-state index in [4.69, 9.17) is 0 Å². The molecule has 1 aromatic heterocycles. The third-order valence-corrected chi connectivity index (χ3v) is 3.27. The Balaban J connectivity index is 2.06. The second kappa shape index (κ2) is 5.16. The van der Waals surface area contributed by atoms with Crippen molar-refractivity contribution in [2.24, 2.45) is 0 Å². The Kier molecular flexibility index (Phi) is 3.19. The topological polar surface area (TPSA) is 88.9 Å². The molecule has 3 rings (SSSR count). The summed E-state index contributed by atoms with van der Waals surface area (Å²) < 4.78 is 0. The fraction of sp³-hybridized carbons (Fsp3) is 0.0667. The first-order valence-corrected chi connectivity index (χ1v) is 6.35. The van der Waals surface area contributed by atoms with Crippen molar-refractivity contribution in [2.45, 2.75) is 6.42 Å². The van der Waals surface area contributed by atoms with Crippen molar-refractivity contribution in [1.82, 2.24) is 10.2 Å². The van der Waals surface area contributed by atoms with Gasteiger partial charge in [0.2, 0.25) is 0 Å². The molecule has 6 heteroatoms. The van der Waals surface area contributed by atoms with Crippen LogP contribution in [-0.4, -0.2) is 15.1 Å². The molecule has 0 spiro atoms. The van der Waals surface area contributed by atoms with Gasteiger partial charge >= 0.3 is 0 Å². The number of H-pyrrole nitrogens is 1. The van der Waals surface area contributed by atoms with E-state index in [2.05, 4.69) is 10.2 Å². The maximum absolute atomic E-state index is 11.7. The average Bonchev–Trinajstić information content (AvgIpc) is 2.51. The molecule has 0 bridgehead atoms. The van der Waals surface area contributed by atoms with Crippen molar-refractivity contribution < 1.29 is 4.92 Å². The van der Waals surface area contributed by atoms with E-state index in [0.29, 0.717) is 17.5 Å². The van der Waals surface area contributed by atoms with Gasteiger partial charge in [-0.25, -0.2) is 5.10 Å². The van der Waals surface area contributed by atoms with Crippen LogP contribution in [0, 0.1) is 10.1 Å². The Morgan fingerprint density at radius 1 is 1.10 bits per heavy atom. The Bertz CT molecular complexity index is 886. The van der Waals surface area contributed by atoms with Gasteiger partial charge in [0.15, 0.2) is 0 Å². The van der Waals surface area contributed by atoms with E-state index < -0.39 is 4.92 Å². The zero-order valence-corrected chi connectivity index (χ0v) is 10.9. The molecule has 0 radical (unpaired) electrons. The highest BCUT2D eigenvalue weighted by atomic mass is 16.6. The van der Waals surface area contributed by atoms with Crippen LogP contribution in [-0.2, 0) is 6.42 Å². The first-order chi connectivity index (χ1) is 10.1. The summed E-state index contributed by atoms with van der Waals surface area (Å²) in [4.78, 5) is 22.1. The van der Waals surface area contributed by atoms with E-state index in [-0.39, 0.29) is 11.2 Å². The second-order valence-electron chi connectivity index (χ2n) is 4.65. The summed E-state index contributed by atoms with van der Waals surface area (Å²) in [6, 6.07) is 13.6. The van der Waals surface area contributed by atoms with Crippen LogP contribution in [0.1, 0.15) is 11.3 Å². The van der Waals surface area contributed by atoms with Crippen LogP contribution >= 0.6 is 0 Å². The monoisotopic (exact) mass is 281 g/mol. The van der Waals surface area contributed by atoms with Crippen LogP contribution in [0.2, 0.25) is 0 Å². The summed E-state index contributed by atoms with van der Waals surface area (Å²) in [6.45, 7) is 0. The highest BCUT2D eigenvalue weighted by molar-refractivity contribution is 5.83. The lowest BCUT2D eigenvalue weighted by Gasteiger charge is -2.05. The van der Waals surface area contributed by atoms with Crippen LogP contribution < -0.4 is 5.56 Å². The summed E-state index contributed by atoms with van der Waals surface area (Å²) >= 11 is 0. The smallest absolute Gasteiger partial charge is 0.267 e. The predicted molar refractivity (Wildman–Crippen MR) is 78.3 cm³/mol. The molecule has 0 saturated heterocycles. The molecule has 0 aliphatic heterocycles. The SMILES string of the molecule is O=c1[nH]nc(Cc2cccc([N+](=O)[O-])c2)c2ccccc12. The minimum absolute atomic E-state index is 0.0428. The third-order valence-electron chi connectivity index (χ3n) is 3.27. The normalized spacial score (nSPS) is 10.7. The third kappa shape index (κ3) is 2.51. The maximum Gasteiger partial charge on any atom is 0.272 e. The minimum Gasteiger partial charge on any atom is -0.267 e. The van der Waals surface area contributed by atoms with Gasteiger partial charge in [-0.2, -0.15) is 5.10 Å². The molecule has 0 fully saturated rings. The largest absolute Gasteiger partial charge is 0.272 e. The number of benzene rings is 2. The van der Waals surface area contributed by atoms with Crippen LogP contribution in [0.25, 0.3) is 10.8 Å².